The number of hydrogen-bond donors (Lipinski definition) is 1. The van der Waals surface area contributed by atoms with Gasteiger partial charge < -0.3 is 10.1 Å². The number of piperidine rings is 1. The number of hydrogen-bond acceptors (Lipinski definition) is 3. The van der Waals surface area contributed by atoms with Crippen molar-refractivity contribution in [2.75, 3.05) is 13.7 Å². The summed E-state index contributed by atoms with van der Waals surface area (Å²) in [5.74, 6) is 1.06. The van der Waals surface area contributed by atoms with Crippen molar-refractivity contribution in [2.45, 2.75) is 18.9 Å². The number of rotatable bonds is 2. The van der Waals surface area contributed by atoms with E-state index in [0.717, 1.165) is 25.1 Å². The van der Waals surface area contributed by atoms with Gasteiger partial charge in [0.05, 0.1) is 19.1 Å². The van der Waals surface area contributed by atoms with Crippen LogP contribution in [0.4, 0.5) is 0 Å². The summed E-state index contributed by atoms with van der Waals surface area (Å²) in [4.78, 5) is 0. The summed E-state index contributed by atoms with van der Waals surface area (Å²) >= 11 is 0. The molecule has 1 fully saturated rings. The fourth-order valence-electron chi connectivity index (χ4n) is 2.11. The van der Waals surface area contributed by atoms with E-state index in [9.17, 15) is 0 Å². The predicted octanol–water partition coefficient (Wildman–Crippen LogP) is 2.26. The molecule has 1 aliphatic rings. The summed E-state index contributed by atoms with van der Waals surface area (Å²) in [5.41, 5.74) is 1.25. The molecule has 0 amide bonds. The average molecular weight is 216 g/mol. The van der Waals surface area contributed by atoms with Crippen LogP contribution in [0.5, 0.6) is 5.75 Å². The van der Waals surface area contributed by atoms with Gasteiger partial charge >= 0.3 is 0 Å². The number of benzene rings is 1. The van der Waals surface area contributed by atoms with Gasteiger partial charge in [-0.1, -0.05) is 12.1 Å². The second-order valence-electron chi connectivity index (χ2n) is 4.14. The van der Waals surface area contributed by atoms with E-state index in [2.05, 4.69) is 23.5 Å². The fraction of sp³-hybridized carbons (Fsp3) is 0.462. The van der Waals surface area contributed by atoms with Gasteiger partial charge in [0.25, 0.3) is 0 Å². The van der Waals surface area contributed by atoms with E-state index in [4.69, 9.17) is 10.00 Å². The highest BCUT2D eigenvalue weighted by Crippen LogP contribution is 2.27. The van der Waals surface area contributed by atoms with E-state index >= 15 is 0 Å². The SMILES string of the molecule is COc1cccc(C2CCC(C#N)CN2)c1. The lowest BCUT2D eigenvalue weighted by Gasteiger charge is -2.26. The van der Waals surface area contributed by atoms with Gasteiger partial charge in [-0.05, 0) is 30.5 Å². The van der Waals surface area contributed by atoms with Crippen molar-refractivity contribution in [3.8, 4) is 11.8 Å². The van der Waals surface area contributed by atoms with Crippen LogP contribution in [0.1, 0.15) is 24.4 Å². The molecule has 1 aliphatic heterocycles. The Morgan fingerprint density at radius 3 is 2.94 bits per heavy atom. The minimum Gasteiger partial charge on any atom is -0.497 e. The molecule has 0 spiro atoms. The molecule has 1 aromatic carbocycles. The lowest BCUT2D eigenvalue weighted by molar-refractivity contribution is 0.359. The molecule has 1 N–H and O–H groups in total. The maximum atomic E-state index is 8.82. The first kappa shape index (κ1) is 11.0. The van der Waals surface area contributed by atoms with Gasteiger partial charge in [-0.15, -0.1) is 0 Å². The third-order valence-electron chi connectivity index (χ3n) is 3.09. The highest BCUT2D eigenvalue weighted by atomic mass is 16.5. The maximum absolute atomic E-state index is 8.82. The van der Waals surface area contributed by atoms with E-state index in [-0.39, 0.29) is 5.92 Å². The summed E-state index contributed by atoms with van der Waals surface area (Å²) in [6.07, 6.45) is 2.00. The Morgan fingerprint density at radius 2 is 2.31 bits per heavy atom. The summed E-state index contributed by atoms with van der Waals surface area (Å²) in [5, 5.41) is 12.2. The summed E-state index contributed by atoms with van der Waals surface area (Å²) in [6, 6.07) is 10.8. The van der Waals surface area contributed by atoms with Crippen LogP contribution < -0.4 is 10.1 Å². The molecule has 0 saturated carbocycles. The number of methoxy groups -OCH3 is 1. The van der Waals surface area contributed by atoms with Gasteiger partial charge in [0.2, 0.25) is 0 Å². The van der Waals surface area contributed by atoms with Crippen LogP contribution >= 0.6 is 0 Å². The van der Waals surface area contributed by atoms with Gasteiger partial charge in [0.15, 0.2) is 0 Å². The van der Waals surface area contributed by atoms with Gasteiger partial charge in [-0.25, -0.2) is 0 Å². The Bertz CT molecular complexity index is 389. The maximum Gasteiger partial charge on any atom is 0.119 e. The molecule has 1 aromatic rings. The number of nitriles is 1. The lowest BCUT2D eigenvalue weighted by atomic mass is 9.92. The molecule has 0 radical (unpaired) electrons. The second kappa shape index (κ2) is 5.00. The largest absolute Gasteiger partial charge is 0.497 e. The monoisotopic (exact) mass is 216 g/mol. The highest BCUT2D eigenvalue weighted by molar-refractivity contribution is 5.30. The predicted molar refractivity (Wildman–Crippen MR) is 62.1 cm³/mol. The third-order valence-corrected chi connectivity index (χ3v) is 3.09. The van der Waals surface area contributed by atoms with Crippen LogP contribution in [0.25, 0.3) is 0 Å². The molecule has 16 heavy (non-hydrogen) atoms. The van der Waals surface area contributed by atoms with Crippen LogP contribution in [0.2, 0.25) is 0 Å². The zero-order valence-electron chi connectivity index (χ0n) is 9.44. The van der Waals surface area contributed by atoms with E-state index in [1.807, 2.05) is 12.1 Å². The molecule has 0 bridgehead atoms. The fourth-order valence-corrected chi connectivity index (χ4v) is 2.11. The molecular weight excluding hydrogens is 200 g/mol. The standard InChI is InChI=1S/C13H16N2O/c1-16-12-4-2-3-11(7-12)13-6-5-10(8-14)9-15-13/h2-4,7,10,13,15H,5-6,9H2,1H3. The van der Waals surface area contributed by atoms with E-state index in [0.29, 0.717) is 6.04 Å². The first-order valence-electron chi connectivity index (χ1n) is 5.60. The first-order chi connectivity index (χ1) is 7.83. The molecule has 84 valence electrons. The smallest absolute Gasteiger partial charge is 0.119 e. The van der Waals surface area contributed by atoms with Crippen molar-refractivity contribution >= 4 is 0 Å². The quantitative estimate of drug-likeness (QED) is 0.824. The number of ether oxygens (including phenoxy) is 1. The van der Waals surface area contributed by atoms with Crippen LogP contribution in [0.3, 0.4) is 0 Å². The van der Waals surface area contributed by atoms with Crippen molar-refractivity contribution in [1.82, 2.24) is 5.32 Å². The lowest BCUT2D eigenvalue weighted by Crippen LogP contribution is -2.32. The molecule has 1 saturated heterocycles. The molecule has 0 aromatic heterocycles. The molecule has 2 unspecified atom stereocenters. The third kappa shape index (κ3) is 2.34. The first-order valence-corrected chi connectivity index (χ1v) is 5.60. The molecule has 2 rings (SSSR count). The van der Waals surface area contributed by atoms with E-state index in [1.165, 1.54) is 5.56 Å². The number of nitrogens with zero attached hydrogens (tertiary/aromatic N) is 1. The zero-order chi connectivity index (χ0) is 11.4. The Kier molecular flexibility index (Phi) is 3.43. The van der Waals surface area contributed by atoms with Gasteiger partial charge in [0, 0.05) is 12.6 Å². The molecule has 3 nitrogen and oxygen atoms in total. The molecule has 3 heteroatoms. The van der Waals surface area contributed by atoms with Crippen molar-refractivity contribution in [2.24, 2.45) is 5.92 Å². The number of nitrogens with one attached hydrogen (secondary N) is 1. The Balaban J connectivity index is 2.05. The normalized spacial score (nSPS) is 24.8. The summed E-state index contributed by atoms with van der Waals surface area (Å²) in [7, 11) is 1.68. The second-order valence-corrected chi connectivity index (χ2v) is 4.14. The van der Waals surface area contributed by atoms with E-state index in [1.54, 1.807) is 7.11 Å². The zero-order valence-corrected chi connectivity index (χ0v) is 9.44. The van der Waals surface area contributed by atoms with Crippen LogP contribution in [0, 0.1) is 17.2 Å². The highest BCUT2D eigenvalue weighted by Gasteiger charge is 2.21. The molecule has 2 atom stereocenters. The summed E-state index contributed by atoms with van der Waals surface area (Å²) in [6.45, 7) is 0.790. The average Bonchev–Trinajstić information content (AvgIpc) is 2.39. The Hall–Kier alpha value is -1.53. The molecule has 1 heterocycles. The van der Waals surface area contributed by atoms with Crippen molar-refractivity contribution < 1.29 is 4.74 Å². The molecule has 0 aliphatic carbocycles. The van der Waals surface area contributed by atoms with Gasteiger partial charge in [0.1, 0.15) is 5.75 Å². The van der Waals surface area contributed by atoms with E-state index < -0.39 is 0 Å². The summed E-state index contributed by atoms with van der Waals surface area (Å²) < 4.78 is 5.21. The topological polar surface area (TPSA) is 45.0 Å². The minimum atomic E-state index is 0.168. The van der Waals surface area contributed by atoms with Gasteiger partial charge in [-0.3, -0.25) is 0 Å². The Morgan fingerprint density at radius 1 is 1.44 bits per heavy atom. The van der Waals surface area contributed by atoms with Crippen molar-refractivity contribution in [1.29, 1.82) is 5.26 Å². The van der Waals surface area contributed by atoms with Crippen LogP contribution in [0.15, 0.2) is 24.3 Å². The van der Waals surface area contributed by atoms with Gasteiger partial charge in [-0.2, -0.15) is 5.26 Å². The van der Waals surface area contributed by atoms with Crippen LogP contribution in [-0.2, 0) is 0 Å². The minimum absolute atomic E-state index is 0.168. The Labute approximate surface area is 96.0 Å². The molecular formula is C13H16N2O. The van der Waals surface area contributed by atoms with Crippen molar-refractivity contribution in [3.05, 3.63) is 29.8 Å². The van der Waals surface area contributed by atoms with Crippen molar-refractivity contribution in [3.63, 3.8) is 0 Å². The van der Waals surface area contributed by atoms with Crippen LogP contribution in [-0.4, -0.2) is 13.7 Å².